The van der Waals surface area contributed by atoms with Crippen LogP contribution in [-0.4, -0.2) is 9.78 Å². The Labute approximate surface area is 124 Å². The van der Waals surface area contributed by atoms with Crippen molar-refractivity contribution in [3.8, 4) is 5.75 Å². The van der Waals surface area contributed by atoms with Gasteiger partial charge in [-0.2, -0.15) is 5.10 Å². The number of aryl methyl sites for hydroxylation is 2. The number of hydrogen-bond donors (Lipinski definition) is 0. The van der Waals surface area contributed by atoms with E-state index < -0.39 is 0 Å². The van der Waals surface area contributed by atoms with E-state index in [0.717, 1.165) is 17.8 Å². The van der Waals surface area contributed by atoms with Gasteiger partial charge in [0, 0.05) is 13.1 Å². The summed E-state index contributed by atoms with van der Waals surface area (Å²) in [4.78, 5) is 0. The van der Waals surface area contributed by atoms with Crippen molar-refractivity contribution in [2.45, 2.75) is 20.0 Å². The smallest absolute Gasteiger partial charge is 0.141 e. The van der Waals surface area contributed by atoms with Crippen molar-refractivity contribution < 1.29 is 9.13 Å². The Hall–Kier alpha value is -1.07. The van der Waals surface area contributed by atoms with Crippen LogP contribution in [0, 0.1) is 5.82 Å². The summed E-state index contributed by atoms with van der Waals surface area (Å²) in [5.74, 6) is 0.0962. The van der Waals surface area contributed by atoms with Crippen LogP contribution < -0.4 is 4.74 Å². The topological polar surface area (TPSA) is 27.1 Å². The quantitative estimate of drug-likeness (QED) is 0.832. The lowest BCUT2D eigenvalue weighted by Gasteiger charge is -2.07. The molecule has 3 nitrogen and oxygen atoms in total. The summed E-state index contributed by atoms with van der Waals surface area (Å²) in [6.07, 6.45) is 0.763. The van der Waals surface area contributed by atoms with Gasteiger partial charge in [0.1, 0.15) is 18.2 Å². The first-order chi connectivity index (χ1) is 9.02. The molecule has 0 fully saturated rings. The molecule has 0 spiro atoms. The van der Waals surface area contributed by atoms with E-state index in [4.69, 9.17) is 16.3 Å². The molecule has 2 aromatic rings. The molecule has 1 aromatic carbocycles. The van der Waals surface area contributed by atoms with Gasteiger partial charge in [0.15, 0.2) is 0 Å². The number of nitrogens with zero attached hydrogens (tertiary/aromatic N) is 2. The molecule has 0 atom stereocenters. The number of ether oxygens (including phenoxy) is 1. The van der Waals surface area contributed by atoms with Crippen molar-refractivity contribution in [3.05, 3.63) is 44.9 Å². The number of halogens is 3. The van der Waals surface area contributed by atoms with Gasteiger partial charge in [-0.1, -0.05) is 18.5 Å². The van der Waals surface area contributed by atoms with Crippen molar-refractivity contribution in [3.63, 3.8) is 0 Å². The molecule has 0 aliphatic heterocycles. The fourth-order valence-electron chi connectivity index (χ4n) is 1.69. The Kier molecular flexibility index (Phi) is 4.47. The van der Waals surface area contributed by atoms with E-state index in [2.05, 4.69) is 21.0 Å². The van der Waals surface area contributed by atoms with Gasteiger partial charge in [0.05, 0.1) is 20.9 Å². The largest absolute Gasteiger partial charge is 0.487 e. The third kappa shape index (κ3) is 3.09. The minimum atomic E-state index is -0.358. The van der Waals surface area contributed by atoms with E-state index in [9.17, 15) is 4.39 Å². The number of rotatable bonds is 4. The summed E-state index contributed by atoms with van der Waals surface area (Å²) in [5, 5.41) is 4.91. The van der Waals surface area contributed by atoms with E-state index in [0.29, 0.717) is 15.2 Å². The van der Waals surface area contributed by atoms with Crippen LogP contribution in [0.25, 0.3) is 0 Å². The zero-order valence-corrected chi connectivity index (χ0v) is 12.9. The van der Waals surface area contributed by atoms with Crippen LogP contribution in [0.5, 0.6) is 5.75 Å². The minimum Gasteiger partial charge on any atom is -0.487 e. The normalized spacial score (nSPS) is 10.8. The molecule has 1 aromatic heterocycles. The molecule has 0 aliphatic carbocycles. The highest BCUT2D eigenvalue weighted by Crippen LogP contribution is 2.24. The molecule has 0 bridgehead atoms. The molecule has 0 aliphatic rings. The van der Waals surface area contributed by atoms with Gasteiger partial charge in [0.25, 0.3) is 0 Å². The lowest BCUT2D eigenvalue weighted by atomic mass is 10.3. The lowest BCUT2D eigenvalue weighted by molar-refractivity contribution is 0.293. The summed E-state index contributed by atoms with van der Waals surface area (Å²) in [6.45, 7) is 2.24. The van der Waals surface area contributed by atoms with Crippen LogP contribution >= 0.6 is 27.5 Å². The van der Waals surface area contributed by atoms with Crippen molar-refractivity contribution in [2.24, 2.45) is 7.05 Å². The number of benzene rings is 1. The van der Waals surface area contributed by atoms with Crippen LogP contribution in [0.2, 0.25) is 5.02 Å². The van der Waals surface area contributed by atoms with E-state index in [1.807, 2.05) is 14.0 Å². The second kappa shape index (κ2) is 5.92. The molecule has 2 rings (SSSR count). The van der Waals surface area contributed by atoms with Crippen LogP contribution in [0.4, 0.5) is 4.39 Å². The predicted octanol–water partition coefficient (Wildman–Crippen LogP) is 4.12. The minimum absolute atomic E-state index is 0.253. The molecule has 0 saturated carbocycles. The second-order valence-electron chi connectivity index (χ2n) is 4.05. The predicted molar refractivity (Wildman–Crippen MR) is 76.0 cm³/mol. The van der Waals surface area contributed by atoms with Crippen molar-refractivity contribution >= 4 is 27.5 Å². The molecule has 6 heteroatoms. The molecule has 0 radical (unpaired) electrons. The van der Waals surface area contributed by atoms with Crippen LogP contribution in [0.3, 0.4) is 0 Å². The van der Waals surface area contributed by atoms with E-state index in [1.54, 1.807) is 16.8 Å². The molecule has 0 unspecified atom stereocenters. The van der Waals surface area contributed by atoms with Crippen molar-refractivity contribution in [1.82, 2.24) is 9.78 Å². The maximum atomic E-state index is 13.4. The van der Waals surface area contributed by atoms with Gasteiger partial charge in [-0.3, -0.25) is 4.68 Å². The number of hydrogen-bond acceptors (Lipinski definition) is 2. The molecular weight excluding hydrogens is 335 g/mol. The standard InChI is InChI=1S/C13H13BrClFN2O/c1-3-11-13(15)12(18(2)17-11)7-19-8-4-5-9(14)10(16)6-8/h4-6H,3,7H2,1-2H3. The monoisotopic (exact) mass is 346 g/mol. The Balaban J connectivity index is 2.14. The summed E-state index contributed by atoms with van der Waals surface area (Å²) >= 11 is 9.30. The molecule has 1 heterocycles. The summed E-state index contributed by atoms with van der Waals surface area (Å²) < 4.78 is 21.0. The molecule has 19 heavy (non-hydrogen) atoms. The van der Waals surface area contributed by atoms with E-state index in [-0.39, 0.29) is 12.4 Å². The summed E-state index contributed by atoms with van der Waals surface area (Å²) in [6, 6.07) is 4.63. The third-order valence-corrected chi connectivity index (χ3v) is 3.85. The maximum absolute atomic E-state index is 13.4. The average molecular weight is 348 g/mol. The zero-order chi connectivity index (χ0) is 14.0. The molecule has 102 valence electrons. The summed E-state index contributed by atoms with van der Waals surface area (Å²) in [7, 11) is 1.81. The molecular formula is C13H13BrClFN2O. The van der Waals surface area contributed by atoms with Gasteiger partial charge < -0.3 is 4.74 Å². The lowest BCUT2D eigenvalue weighted by Crippen LogP contribution is -2.03. The number of aromatic nitrogens is 2. The Bertz CT molecular complexity index is 601. The second-order valence-corrected chi connectivity index (χ2v) is 5.28. The Morgan fingerprint density at radius 1 is 1.47 bits per heavy atom. The highest BCUT2D eigenvalue weighted by molar-refractivity contribution is 9.10. The first-order valence-electron chi connectivity index (χ1n) is 5.81. The van der Waals surface area contributed by atoms with Crippen molar-refractivity contribution in [2.75, 3.05) is 0 Å². The first kappa shape index (κ1) is 14.3. The molecule has 0 amide bonds. The zero-order valence-electron chi connectivity index (χ0n) is 10.6. The van der Waals surface area contributed by atoms with Crippen LogP contribution in [0.1, 0.15) is 18.3 Å². The van der Waals surface area contributed by atoms with Gasteiger partial charge in [-0.15, -0.1) is 0 Å². The van der Waals surface area contributed by atoms with Gasteiger partial charge in [0.2, 0.25) is 0 Å². The fraction of sp³-hybridized carbons (Fsp3) is 0.308. The Morgan fingerprint density at radius 3 is 2.79 bits per heavy atom. The first-order valence-corrected chi connectivity index (χ1v) is 6.98. The van der Waals surface area contributed by atoms with Crippen LogP contribution in [-0.2, 0) is 20.1 Å². The fourth-order valence-corrected chi connectivity index (χ4v) is 2.29. The SMILES string of the molecule is CCc1nn(C)c(COc2ccc(Br)c(F)c2)c1Cl. The molecule has 0 saturated heterocycles. The third-order valence-electron chi connectivity index (χ3n) is 2.77. The van der Waals surface area contributed by atoms with E-state index in [1.165, 1.54) is 6.07 Å². The highest BCUT2D eigenvalue weighted by Gasteiger charge is 2.13. The summed E-state index contributed by atoms with van der Waals surface area (Å²) in [5.41, 5.74) is 1.62. The van der Waals surface area contributed by atoms with Gasteiger partial charge in [-0.05, 0) is 34.5 Å². The maximum Gasteiger partial charge on any atom is 0.141 e. The van der Waals surface area contributed by atoms with Crippen molar-refractivity contribution in [1.29, 1.82) is 0 Å². The molecule has 0 N–H and O–H groups in total. The van der Waals surface area contributed by atoms with E-state index >= 15 is 0 Å². The van der Waals surface area contributed by atoms with Gasteiger partial charge in [-0.25, -0.2) is 4.39 Å². The Morgan fingerprint density at radius 2 is 2.21 bits per heavy atom. The highest BCUT2D eigenvalue weighted by atomic mass is 79.9. The van der Waals surface area contributed by atoms with Gasteiger partial charge >= 0.3 is 0 Å². The van der Waals surface area contributed by atoms with Crippen LogP contribution in [0.15, 0.2) is 22.7 Å². The average Bonchev–Trinajstić information content (AvgIpc) is 2.66.